The number of hydrogen-bond acceptors (Lipinski definition) is 12. The number of carbonyl (C=O) groups is 3. The van der Waals surface area contributed by atoms with Gasteiger partial charge in [-0.1, -0.05) is 27.7 Å². The molecule has 0 aliphatic carbocycles. The molecular weight excluding hydrogens is 608 g/mol. The Labute approximate surface area is 281 Å². The molecule has 13 atom stereocenters. The molecule has 4 fully saturated rings. The number of Topliss-reactive ketones (excluding diaryl/α,β-unsaturated/α-hetero) is 2. The first-order valence-electron chi connectivity index (χ1n) is 17.5. The van der Waals surface area contributed by atoms with Crippen molar-refractivity contribution < 1.29 is 48.3 Å². The summed E-state index contributed by atoms with van der Waals surface area (Å²) < 4.78 is 31.4. The Morgan fingerprint density at radius 2 is 1.70 bits per heavy atom. The number of ether oxygens (including phenoxy) is 5. The van der Waals surface area contributed by atoms with Crippen LogP contribution < -0.4 is 0 Å². The molecule has 0 saturated carbocycles. The molecule has 2 N–H and O–H groups in total. The molecule has 4 heterocycles. The van der Waals surface area contributed by atoms with Crippen LogP contribution in [0.2, 0.25) is 0 Å². The normalized spacial score (nSPS) is 43.9. The third kappa shape index (κ3) is 9.19. The molecule has 12 heteroatoms. The fourth-order valence-corrected chi connectivity index (χ4v) is 7.89. The van der Waals surface area contributed by atoms with E-state index in [0.717, 1.165) is 13.0 Å². The highest BCUT2D eigenvalue weighted by molar-refractivity contribution is 6.00. The molecule has 0 amide bonds. The van der Waals surface area contributed by atoms with Gasteiger partial charge in [-0.25, -0.2) is 0 Å². The summed E-state index contributed by atoms with van der Waals surface area (Å²) in [5.41, 5.74) is -2.91. The van der Waals surface area contributed by atoms with Gasteiger partial charge in [0.1, 0.15) is 36.9 Å². The molecule has 0 aromatic heterocycles. The monoisotopic (exact) mass is 670 g/mol. The van der Waals surface area contributed by atoms with Gasteiger partial charge in [0.15, 0.2) is 17.9 Å². The fourth-order valence-electron chi connectivity index (χ4n) is 7.89. The summed E-state index contributed by atoms with van der Waals surface area (Å²) in [4.78, 5) is 45.4. The van der Waals surface area contributed by atoms with Crippen molar-refractivity contribution in [2.45, 2.75) is 148 Å². The van der Waals surface area contributed by atoms with Gasteiger partial charge in [-0.3, -0.25) is 14.4 Å². The van der Waals surface area contributed by atoms with Crippen LogP contribution in [0.4, 0.5) is 0 Å². The van der Waals surface area contributed by atoms with Gasteiger partial charge < -0.3 is 43.7 Å². The van der Waals surface area contributed by atoms with E-state index >= 15 is 0 Å². The molecule has 272 valence electrons. The molecular formula is C35H62N2O10. The number of aliphatic hydroxyl groups is 2. The Bertz CT molecular complexity index is 1070. The minimum atomic E-state index is -1.67. The van der Waals surface area contributed by atoms with Gasteiger partial charge in [-0.15, -0.1) is 0 Å². The van der Waals surface area contributed by atoms with E-state index in [1.165, 1.54) is 6.92 Å². The van der Waals surface area contributed by atoms with Crippen molar-refractivity contribution in [3.8, 4) is 0 Å². The Kier molecular flexibility index (Phi) is 14.0. The molecule has 0 radical (unpaired) electrons. The Morgan fingerprint density at radius 3 is 2.30 bits per heavy atom. The van der Waals surface area contributed by atoms with Crippen molar-refractivity contribution in [1.82, 2.24) is 9.80 Å². The van der Waals surface area contributed by atoms with Crippen molar-refractivity contribution in [3.63, 3.8) is 0 Å². The Hall–Kier alpha value is -1.51. The summed E-state index contributed by atoms with van der Waals surface area (Å²) in [6.07, 6.45) is -3.18. The number of ketones is 2. The van der Waals surface area contributed by atoms with E-state index in [1.54, 1.807) is 20.8 Å². The van der Waals surface area contributed by atoms with E-state index in [9.17, 15) is 24.6 Å². The number of hydrogen-bond donors (Lipinski definition) is 2. The summed E-state index contributed by atoms with van der Waals surface area (Å²) in [5, 5.41) is 23.4. The van der Waals surface area contributed by atoms with Crippen molar-refractivity contribution in [1.29, 1.82) is 0 Å². The minimum Gasteiger partial charge on any atom is -0.459 e. The molecule has 2 bridgehead atoms. The molecule has 4 aliphatic rings. The van der Waals surface area contributed by atoms with Gasteiger partial charge in [0.25, 0.3) is 0 Å². The number of likely N-dealkylation sites (N-methyl/N-ethyl adjacent to an activating group) is 1. The predicted octanol–water partition coefficient (Wildman–Crippen LogP) is 2.60. The number of carbonyl (C=O) groups excluding carboxylic acids is 3. The lowest BCUT2D eigenvalue weighted by Crippen LogP contribution is -2.60. The van der Waals surface area contributed by atoms with Gasteiger partial charge in [-0.2, -0.15) is 0 Å². The standard InChI is InChI=1S/C35H62N2O10/c1-12-14-37-17-20(3)30-35(9,42)27(13-2)46-32(41)24(7)28(39)23(6)31(34(8,16-21(37)4)44-19-25(38)18-43-30)47-33-29(40)26(36(10)11)15-22(5)45-33/h20-24,26-27,29-31,33,40,42H,12-19H2,1-11H3/t20-,21+,22+,23-,24+,26-,27+,29+,30-,31+,33-,34+,35+/m0/s1. The lowest BCUT2D eigenvalue weighted by molar-refractivity contribution is -0.297. The van der Waals surface area contributed by atoms with E-state index in [-0.39, 0.29) is 49.5 Å². The Balaban J connectivity index is 2.23. The van der Waals surface area contributed by atoms with E-state index in [2.05, 4.69) is 18.7 Å². The van der Waals surface area contributed by atoms with Crippen LogP contribution in [0.15, 0.2) is 0 Å². The molecule has 0 aromatic carbocycles. The van der Waals surface area contributed by atoms with Crippen LogP contribution in [0.25, 0.3) is 0 Å². The first-order valence-corrected chi connectivity index (χ1v) is 17.5. The van der Waals surface area contributed by atoms with E-state index in [1.807, 2.05) is 39.8 Å². The number of aliphatic hydroxyl groups excluding tert-OH is 1. The maximum Gasteiger partial charge on any atom is 0.316 e. The van der Waals surface area contributed by atoms with Crippen LogP contribution in [0.5, 0.6) is 0 Å². The highest BCUT2D eigenvalue weighted by Gasteiger charge is 2.52. The largest absolute Gasteiger partial charge is 0.459 e. The Morgan fingerprint density at radius 1 is 1.04 bits per heavy atom. The van der Waals surface area contributed by atoms with Crippen LogP contribution >= 0.6 is 0 Å². The summed E-state index contributed by atoms with van der Waals surface area (Å²) in [6, 6.07) is -0.383. The van der Waals surface area contributed by atoms with Crippen molar-refractivity contribution in [2.24, 2.45) is 17.8 Å². The topological polar surface area (TPSA) is 144 Å². The third-order valence-electron chi connectivity index (χ3n) is 10.6. The molecule has 47 heavy (non-hydrogen) atoms. The molecule has 0 aromatic rings. The third-order valence-corrected chi connectivity index (χ3v) is 10.6. The second kappa shape index (κ2) is 16.5. The van der Waals surface area contributed by atoms with Crippen LogP contribution in [0, 0.1) is 17.8 Å². The lowest BCUT2D eigenvalue weighted by atomic mass is 9.79. The summed E-state index contributed by atoms with van der Waals surface area (Å²) >= 11 is 0. The van der Waals surface area contributed by atoms with Crippen molar-refractivity contribution >= 4 is 17.5 Å². The van der Waals surface area contributed by atoms with Crippen LogP contribution in [-0.4, -0.2) is 138 Å². The number of esters is 1. The van der Waals surface area contributed by atoms with Gasteiger partial charge in [0.05, 0.1) is 23.9 Å². The van der Waals surface area contributed by atoms with E-state index in [4.69, 9.17) is 23.7 Å². The zero-order valence-electron chi connectivity index (χ0n) is 30.6. The van der Waals surface area contributed by atoms with E-state index < -0.39 is 65.5 Å². The van der Waals surface area contributed by atoms with Crippen LogP contribution in [-0.2, 0) is 38.1 Å². The highest BCUT2D eigenvalue weighted by Crippen LogP contribution is 2.38. The predicted molar refractivity (Wildman–Crippen MR) is 176 cm³/mol. The maximum absolute atomic E-state index is 14.2. The van der Waals surface area contributed by atoms with Gasteiger partial charge in [-0.05, 0) is 86.9 Å². The smallest absolute Gasteiger partial charge is 0.316 e. The van der Waals surface area contributed by atoms with Crippen LogP contribution in [0.3, 0.4) is 0 Å². The van der Waals surface area contributed by atoms with Gasteiger partial charge in [0.2, 0.25) is 0 Å². The zero-order chi connectivity index (χ0) is 35.4. The average molecular weight is 671 g/mol. The molecule has 0 spiro atoms. The second-order valence-corrected chi connectivity index (χ2v) is 15.0. The number of rotatable bonds is 6. The summed E-state index contributed by atoms with van der Waals surface area (Å²) in [7, 11) is 3.77. The summed E-state index contributed by atoms with van der Waals surface area (Å²) in [5.74, 6) is -3.95. The van der Waals surface area contributed by atoms with E-state index in [0.29, 0.717) is 19.4 Å². The minimum absolute atomic E-state index is 0.121. The van der Waals surface area contributed by atoms with Crippen molar-refractivity contribution in [2.75, 3.05) is 40.4 Å². The molecule has 0 unspecified atom stereocenters. The maximum atomic E-state index is 14.2. The average Bonchev–Trinajstić information content (AvgIpc) is 3.00. The quantitative estimate of drug-likeness (QED) is 0.317. The summed E-state index contributed by atoms with van der Waals surface area (Å²) in [6.45, 7) is 17.0. The lowest BCUT2D eigenvalue weighted by Gasteiger charge is -2.48. The van der Waals surface area contributed by atoms with Crippen molar-refractivity contribution in [3.05, 3.63) is 0 Å². The fraction of sp³-hybridized carbons (Fsp3) is 0.914. The molecule has 4 saturated heterocycles. The molecule has 4 aliphatic heterocycles. The zero-order valence-corrected chi connectivity index (χ0v) is 30.6. The highest BCUT2D eigenvalue weighted by atomic mass is 16.7. The SMILES string of the molecule is CCCN1C[C@H](C)[C@@H]2OCC(=O)CO[C@](C)(C[C@H]1C)[C@H](O[C@@H]1O[C@H](C)C[C@H](N(C)C)[C@H]1O)[C@@H](C)C(=O)[C@@H](C)C(=O)O[C@H](CC)[C@@]2(C)O. The number of fused-ring (bicyclic) bond motifs is 15. The van der Waals surface area contributed by atoms with Crippen LogP contribution in [0.1, 0.15) is 88.0 Å². The number of nitrogens with zero attached hydrogens (tertiary/aromatic N) is 2. The second-order valence-electron chi connectivity index (χ2n) is 15.0. The first kappa shape index (κ1) is 39.9. The first-order chi connectivity index (χ1) is 21.9. The molecule has 12 nitrogen and oxygen atoms in total. The van der Waals surface area contributed by atoms with Gasteiger partial charge >= 0.3 is 5.97 Å². The molecule has 4 rings (SSSR count). The van der Waals surface area contributed by atoms with Gasteiger partial charge in [0, 0.05) is 24.5 Å².